The van der Waals surface area contributed by atoms with Crippen molar-refractivity contribution in [1.82, 2.24) is 15.5 Å². The molecule has 1 N–H and O–H groups in total. The van der Waals surface area contributed by atoms with Gasteiger partial charge in [-0.2, -0.15) is 4.98 Å². The van der Waals surface area contributed by atoms with Crippen LogP contribution in [0.4, 0.5) is 5.95 Å². The average Bonchev–Trinajstić information content (AvgIpc) is 3.05. The minimum Gasteiger partial charge on any atom is -0.338 e. The zero-order chi connectivity index (χ0) is 14.1. The van der Waals surface area contributed by atoms with E-state index in [1.54, 1.807) is 0 Å². The number of fused-ring (bicyclic) bond motifs is 1. The van der Waals surface area contributed by atoms with E-state index in [1.165, 1.54) is 30.4 Å². The van der Waals surface area contributed by atoms with Crippen molar-refractivity contribution in [2.24, 2.45) is 0 Å². The molecule has 0 spiro atoms. The van der Waals surface area contributed by atoms with Crippen molar-refractivity contribution >= 4 is 5.95 Å². The number of piperidine rings is 1. The van der Waals surface area contributed by atoms with Crippen LogP contribution in [-0.2, 0) is 6.54 Å². The van der Waals surface area contributed by atoms with Crippen LogP contribution in [0.25, 0.3) is 0 Å². The summed E-state index contributed by atoms with van der Waals surface area (Å²) in [7, 11) is 0. The third-order valence-electron chi connectivity index (χ3n) is 4.46. The number of nitrogens with one attached hydrogen (secondary N) is 1. The average molecular weight is 284 g/mol. The van der Waals surface area contributed by atoms with Gasteiger partial charge in [-0.1, -0.05) is 24.3 Å². The molecule has 5 nitrogen and oxygen atoms in total. The molecule has 5 heteroatoms. The lowest BCUT2D eigenvalue weighted by Gasteiger charge is -2.25. The van der Waals surface area contributed by atoms with Gasteiger partial charge in [-0.3, -0.25) is 0 Å². The molecule has 2 aliphatic heterocycles. The SMILES string of the molecule is c1ccc2c(c1)CNCC2c1nc(N2CCCCC2)no1. The number of benzene rings is 1. The van der Waals surface area contributed by atoms with Gasteiger partial charge in [-0.25, -0.2) is 0 Å². The Balaban J connectivity index is 1.61. The van der Waals surface area contributed by atoms with Crippen molar-refractivity contribution in [3.63, 3.8) is 0 Å². The summed E-state index contributed by atoms with van der Waals surface area (Å²) in [5, 5.41) is 7.64. The Morgan fingerprint density at radius 1 is 1.14 bits per heavy atom. The smallest absolute Gasteiger partial charge is 0.266 e. The molecule has 3 heterocycles. The third kappa shape index (κ3) is 2.42. The molecule has 1 saturated heterocycles. The Hall–Kier alpha value is -1.88. The number of hydrogen-bond acceptors (Lipinski definition) is 5. The minimum absolute atomic E-state index is 0.168. The van der Waals surface area contributed by atoms with E-state index < -0.39 is 0 Å². The minimum atomic E-state index is 0.168. The predicted molar refractivity (Wildman–Crippen MR) is 80.4 cm³/mol. The van der Waals surface area contributed by atoms with Crippen molar-refractivity contribution in [2.75, 3.05) is 24.5 Å². The number of anilines is 1. The molecule has 1 aromatic heterocycles. The number of hydrogen-bond donors (Lipinski definition) is 1. The lowest BCUT2D eigenvalue weighted by atomic mass is 9.91. The summed E-state index contributed by atoms with van der Waals surface area (Å²) in [5.74, 6) is 1.66. The lowest BCUT2D eigenvalue weighted by molar-refractivity contribution is 0.354. The topological polar surface area (TPSA) is 54.2 Å². The first kappa shape index (κ1) is 12.8. The predicted octanol–water partition coefficient (Wildman–Crippen LogP) is 2.29. The van der Waals surface area contributed by atoms with Crippen LogP contribution >= 0.6 is 0 Å². The zero-order valence-corrected chi connectivity index (χ0v) is 12.1. The maximum Gasteiger partial charge on any atom is 0.266 e. The summed E-state index contributed by atoms with van der Waals surface area (Å²) in [6, 6.07) is 8.50. The molecule has 0 radical (unpaired) electrons. The molecular weight excluding hydrogens is 264 g/mol. The van der Waals surface area contributed by atoms with Crippen LogP contribution in [0.5, 0.6) is 0 Å². The fourth-order valence-electron chi connectivity index (χ4n) is 3.31. The Bertz CT molecular complexity index is 618. The van der Waals surface area contributed by atoms with Crippen molar-refractivity contribution in [3.8, 4) is 0 Å². The van der Waals surface area contributed by atoms with Gasteiger partial charge >= 0.3 is 0 Å². The summed E-state index contributed by atoms with van der Waals surface area (Å²) in [5.41, 5.74) is 2.64. The van der Waals surface area contributed by atoms with Crippen molar-refractivity contribution in [1.29, 1.82) is 0 Å². The second-order valence-corrected chi connectivity index (χ2v) is 5.86. The van der Waals surface area contributed by atoms with E-state index in [0.29, 0.717) is 0 Å². The van der Waals surface area contributed by atoms with E-state index in [-0.39, 0.29) is 5.92 Å². The molecule has 1 aromatic carbocycles. The quantitative estimate of drug-likeness (QED) is 0.917. The molecule has 1 unspecified atom stereocenters. The number of nitrogens with zero attached hydrogens (tertiary/aromatic N) is 3. The van der Waals surface area contributed by atoms with E-state index >= 15 is 0 Å². The van der Waals surface area contributed by atoms with Crippen LogP contribution in [0.3, 0.4) is 0 Å². The first-order valence-corrected chi connectivity index (χ1v) is 7.79. The zero-order valence-electron chi connectivity index (χ0n) is 12.1. The highest BCUT2D eigenvalue weighted by Gasteiger charge is 2.27. The Labute approximate surface area is 124 Å². The molecule has 110 valence electrons. The highest BCUT2D eigenvalue weighted by atomic mass is 16.5. The van der Waals surface area contributed by atoms with E-state index in [2.05, 4.69) is 44.6 Å². The van der Waals surface area contributed by atoms with Crippen LogP contribution < -0.4 is 10.2 Å². The van der Waals surface area contributed by atoms with Crippen LogP contribution in [0.2, 0.25) is 0 Å². The molecule has 4 rings (SSSR count). The van der Waals surface area contributed by atoms with Gasteiger partial charge in [0, 0.05) is 26.2 Å². The first-order valence-electron chi connectivity index (χ1n) is 7.79. The van der Waals surface area contributed by atoms with Gasteiger partial charge in [0.15, 0.2) is 0 Å². The van der Waals surface area contributed by atoms with Crippen LogP contribution in [0.15, 0.2) is 28.8 Å². The Kier molecular flexibility index (Phi) is 3.35. The molecule has 2 aliphatic rings. The number of aromatic nitrogens is 2. The van der Waals surface area contributed by atoms with E-state index in [1.807, 2.05) is 0 Å². The molecule has 1 fully saturated rings. The summed E-state index contributed by atoms with van der Waals surface area (Å²) in [6.07, 6.45) is 3.75. The monoisotopic (exact) mass is 284 g/mol. The summed E-state index contributed by atoms with van der Waals surface area (Å²) in [6.45, 7) is 3.86. The maximum absolute atomic E-state index is 5.57. The fourth-order valence-corrected chi connectivity index (χ4v) is 3.31. The molecule has 21 heavy (non-hydrogen) atoms. The van der Waals surface area contributed by atoms with Gasteiger partial charge in [0.05, 0.1) is 5.92 Å². The van der Waals surface area contributed by atoms with Gasteiger partial charge in [-0.05, 0) is 35.5 Å². The van der Waals surface area contributed by atoms with Crippen LogP contribution in [0.1, 0.15) is 42.2 Å². The van der Waals surface area contributed by atoms with E-state index in [0.717, 1.165) is 38.0 Å². The highest BCUT2D eigenvalue weighted by Crippen LogP contribution is 2.30. The van der Waals surface area contributed by atoms with Gasteiger partial charge in [0.1, 0.15) is 0 Å². The summed E-state index contributed by atoms with van der Waals surface area (Å²) in [4.78, 5) is 6.90. The van der Waals surface area contributed by atoms with Crippen LogP contribution in [-0.4, -0.2) is 29.8 Å². The molecular formula is C16H20N4O. The second kappa shape index (κ2) is 5.48. The standard InChI is InChI=1S/C16H20N4O/c1-4-8-20(9-5-1)16-18-15(21-19-16)14-11-17-10-12-6-2-3-7-13(12)14/h2-3,6-7,14,17H,1,4-5,8-11H2. The summed E-state index contributed by atoms with van der Waals surface area (Å²) >= 11 is 0. The summed E-state index contributed by atoms with van der Waals surface area (Å²) < 4.78 is 5.57. The number of rotatable bonds is 2. The highest BCUT2D eigenvalue weighted by molar-refractivity contribution is 5.37. The largest absolute Gasteiger partial charge is 0.338 e. The van der Waals surface area contributed by atoms with Gasteiger partial charge < -0.3 is 14.7 Å². The maximum atomic E-state index is 5.57. The van der Waals surface area contributed by atoms with E-state index in [4.69, 9.17) is 4.52 Å². The van der Waals surface area contributed by atoms with E-state index in [9.17, 15) is 0 Å². The second-order valence-electron chi connectivity index (χ2n) is 5.86. The van der Waals surface area contributed by atoms with Crippen molar-refractivity contribution in [2.45, 2.75) is 31.7 Å². The normalized spacial score (nSPS) is 22.1. The third-order valence-corrected chi connectivity index (χ3v) is 4.46. The Morgan fingerprint density at radius 3 is 2.90 bits per heavy atom. The molecule has 2 aromatic rings. The van der Waals surface area contributed by atoms with Gasteiger partial charge in [0.2, 0.25) is 5.89 Å². The van der Waals surface area contributed by atoms with Crippen LogP contribution in [0, 0.1) is 0 Å². The van der Waals surface area contributed by atoms with Gasteiger partial charge in [0.25, 0.3) is 5.95 Å². The molecule has 0 aliphatic carbocycles. The first-order chi connectivity index (χ1) is 10.4. The lowest BCUT2D eigenvalue weighted by Crippen LogP contribution is -2.31. The van der Waals surface area contributed by atoms with Crippen molar-refractivity contribution < 1.29 is 4.52 Å². The molecule has 0 amide bonds. The molecule has 0 saturated carbocycles. The fraction of sp³-hybridized carbons (Fsp3) is 0.500. The van der Waals surface area contributed by atoms with Gasteiger partial charge in [-0.15, -0.1) is 0 Å². The molecule has 0 bridgehead atoms. The molecule has 1 atom stereocenters. The Morgan fingerprint density at radius 2 is 2.00 bits per heavy atom. The van der Waals surface area contributed by atoms with Crippen molar-refractivity contribution in [3.05, 3.63) is 41.3 Å².